The Bertz CT molecular complexity index is 555. The lowest BCUT2D eigenvalue weighted by atomic mass is 9.98. The number of rotatable bonds is 3. The summed E-state index contributed by atoms with van der Waals surface area (Å²) >= 11 is 6.06. The zero-order valence-corrected chi connectivity index (χ0v) is 11.4. The zero-order valence-electron chi connectivity index (χ0n) is 10.6. The average Bonchev–Trinajstić information content (AvgIpc) is 2.38. The van der Waals surface area contributed by atoms with Gasteiger partial charge in [0.15, 0.2) is 0 Å². The second-order valence-electron chi connectivity index (χ2n) is 4.33. The van der Waals surface area contributed by atoms with Gasteiger partial charge in [0.2, 0.25) is 0 Å². The van der Waals surface area contributed by atoms with Gasteiger partial charge in [-0.1, -0.05) is 25.4 Å². The lowest BCUT2D eigenvalue weighted by Gasteiger charge is -2.13. The van der Waals surface area contributed by atoms with Crippen molar-refractivity contribution in [2.75, 3.05) is 7.11 Å². The number of hydrogen-bond acceptors (Lipinski definition) is 3. The van der Waals surface area contributed by atoms with Gasteiger partial charge in [0.25, 0.3) is 0 Å². The minimum atomic E-state index is 0.338. The van der Waals surface area contributed by atoms with E-state index in [9.17, 15) is 0 Å². The van der Waals surface area contributed by atoms with Crippen molar-refractivity contribution in [3.63, 3.8) is 0 Å². The molecule has 0 aliphatic heterocycles. The van der Waals surface area contributed by atoms with Crippen LogP contribution in [0.4, 0.5) is 0 Å². The molecule has 0 radical (unpaired) electrons. The van der Waals surface area contributed by atoms with Crippen molar-refractivity contribution in [1.82, 2.24) is 9.97 Å². The van der Waals surface area contributed by atoms with Gasteiger partial charge in [0, 0.05) is 16.8 Å². The SMILES string of the molecule is COc1ccc(Cl)cc1-c1ncncc1C(C)C. The van der Waals surface area contributed by atoms with Gasteiger partial charge in [-0.2, -0.15) is 0 Å². The monoisotopic (exact) mass is 262 g/mol. The molecule has 0 aliphatic carbocycles. The van der Waals surface area contributed by atoms with E-state index in [4.69, 9.17) is 16.3 Å². The van der Waals surface area contributed by atoms with Gasteiger partial charge in [0.1, 0.15) is 12.1 Å². The van der Waals surface area contributed by atoms with Crippen LogP contribution >= 0.6 is 11.6 Å². The van der Waals surface area contributed by atoms with Crippen molar-refractivity contribution >= 4 is 11.6 Å². The molecule has 0 fully saturated rings. The van der Waals surface area contributed by atoms with Crippen molar-refractivity contribution in [1.29, 1.82) is 0 Å². The van der Waals surface area contributed by atoms with Crippen molar-refractivity contribution in [3.05, 3.63) is 41.3 Å². The molecule has 94 valence electrons. The molecule has 4 heteroatoms. The van der Waals surface area contributed by atoms with Crippen molar-refractivity contribution in [2.24, 2.45) is 0 Å². The third kappa shape index (κ3) is 2.46. The summed E-state index contributed by atoms with van der Waals surface area (Å²) < 4.78 is 5.37. The van der Waals surface area contributed by atoms with E-state index in [2.05, 4.69) is 23.8 Å². The number of aromatic nitrogens is 2. The summed E-state index contributed by atoms with van der Waals surface area (Å²) in [5, 5.41) is 0.666. The maximum atomic E-state index is 6.06. The number of ether oxygens (including phenoxy) is 1. The Balaban J connectivity index is 2.64. The quantitative estimate of drug-likeness (QED) is 0.841. The van der Waals surface area contributed by atoms with Crippen molar-refractivity contribution < 1.29 is 4.74 Å². The topological polar surface area (TPSA) is 35.0 Å². The van der Waals surface area contributed by atoms with Gasteiger partial charge in [-0.15, -0.1) is 0 Å². The van der Waals surface area contributed by atoms with Crippen LogP contribution in [0.15, 0.2) is 30.7 Å². The van der Waals surface area contributed by atoms with Crippen molar-refractivity contribution in [2.45, 2.75) is 19.8 Å². The summed E-state index contributed by atoms with van der Waals surface area (Å²) in [5.41, 5.74) is 2.86. The van der Waals surface area contributed by atoms with E-state index in [-0.39, 0.29) is 0 Å². The Labute approximate surface area is 112 Å². The van der Waals surface area contributed by atoms with Crippen LogP contribution in [-0.4, -0.2) is 17.1 Å². The Morgan fingerprint density at radius 2 is 2.06 bits per heavy atom. The first kappa shape index (κ1) is 12.8. The van der Waals surface area contributed by atoms with Crippen LogP contribution in [0.2, 0.25) is 5.02 Å². The van der Waals surface area contributed by atoms with Gasteiger partial charge >= 0.3 is 0 Å². The van der Waals surface area contributed by atoms with Gasteiger partial charge in [0.05, 0.1) is 12.8 Å². The molecule has 0 aliphatic rings. The molecule has 0 amide bonds. The minimum absolute atomic E-state index is 0.338. The first-order valence-corrected chi connectivity index (χ1v) is 6.15. The highest BCUT2D eigenvalue weighted by Crippen LogP contribution is 2.35. The Hall–Kier alpha value is -1.61. The van der Waals surface area contributed by atoms with Gasteiger partial charge in [-0.05, 0) is 29.7 Å². The van der Waals surface area contributed by atoms with E-state index < -0.39 is 0 Å². The summed E-state index contributed by atoms with van der Waals surface area (Å²) in [6, 6.07) is 5.53. The molecular weight excluding hydrogens is 248 g/mol. The van der Waals surface area contributed by atoms with E-state index in [0.29, 0.717) is 10.9 Å². The molecule has 0 saturated carbocycles. The molecule has 0 N–H and O–H groups in total. The maximum Gasteiger partial charge on any atom is 0.128 e. The van der Waals surface area contributed by atoms with Crippen molar-refractivity contribution in [3.8, 4) is 17.0 Å². The number of benzene rings is 1. The summed E-state index contributed by atoms with van der Waals surface area (Å²) in [4.78, 5) is 8.46. The molecule has 0 spiro atoms. The lowest BCUT2D eigenvalue weighted by molar-refractivity contribution is 0.416. The minimum Gasteiger partial charge on any atom is -0.496 e. The predicted molar refractivity (Wildman–Crippen MR) is 73.1 cm³/mol. The van der Waals surface area contributed by atoms with Gasteiger partial charge in [-0.3, -0.25) is 0 Å². The fourth-order valence-electron chi connectivity index (χ4n) is 1.85. The van der Waals surface area contributed by atoms with Crippen LogP contribution in [0.5, 0.6) is 5.75 Å². The highest BCUT2D eigenvalue weighted by Gasteiger charge is 2.14. The summed E-state index contributed by atoms with van der Waals surface area (Å²) in [6.45, 7) is 4.22. The highest BCUT2D eigenvalue weighted by atomic mass is 35.5. The molecule has 2 rings (SSSR count). The van der Waals surface area contributed by atoms with Crippen LogP contribution in [-0.2, 0) is 0 Å². The van der Waals surface area contributed by atoms with Crippen LogP contribution in [0, 0.1) is 0 Å². The summed E-state index contributed by atoms with van der Waals surface area (Å²) in [5.74, 6) is 1.10. The molecule has 1 aromatic heterocycles. The largest absolute Gasteiger partial charge is 0.496 e. The number of nitrogens with zero attached hydrogens (tertiary/aromatic N) is 2. The fourth-order valence-corrected chi connectivity index (χ4v) is 2.03. The van der Waals surface area contributed by atoms with Crippen LogP contribution in [0.25, 0.3) is 11.3 Å². The molecule has 1 aromatic carbocycles. The smallest absolute Gasteiger partial charge is 0.128 e. The molecule has 0 atom stereocenters. The first-order chi connectivity index (χ1) is 8.63. The third-order valence-electron chi connectivity index (χ3n) is 2.78. The van der Waals surface area contributed by atoms with E-state index in [0.717, 1.165) is 22.6 Å². The van der Waals surface area contributed by atoms with E-state index in [1.165, 1.54) is 0 Å². The summed E-state index contributed by atoms with van der Waals surface area (Å²) in [6.07, 6.45) is 3.38. The van der Waals surface area contributed by atoms with Gasteiger partial charge < -0.3 is 4.74 Å². The molecule has 0 bridgehead atoms. The number of methoxy groups -OCH3 is 1. The number of halogens is 1. The zero-order chi connectivity index (χ0) is 13.1. The Morgan fingerprint density at radius 3 is 2.72 bits per heavy atom. The molecule has 1 heterocycles. The molecule has 0 saturated heterocycles. The molecule has 2 aromatic rings. The van der Waals surface area contributed by atoms with E-state index in [1.807, 2.05) is 18.3 Å². The predicted octanol–water partition coefficient (Wildman–Crippen LogP) is 3.93. The lowest BCUT2D eigenvalue weighted by Crippen LogP contribution is -1.98. The third-order valence-corrected chi connectivity index (χ3v) is 3.01. The maximum absolute atomic E-state index is 6.06. The van der Waals surface area contributed by atoms with Gasteiger partial charge in [-0.25, -0.2) is 9.97 Å². The van der Waals surface area contributed by atoms with E-state index >= 15 is 0 Å². The molecule has 18 heavy (non-hydrogen) atoms. The number of hydrogen-bond donors (Lipinski definition) is 0. The molecular formula is C14H15ClN2O. The second-order valence-corrected chi connectivity index (χ2v) is 4.76. The Morgan fingerprint density at radius 1 is 1.28 bits per heavy atom. The van der Waals surface area contributed by atoms with Crippen LogP contribution in [0.1, 0.15) is 25.3 Å². The Kier molecular flexibility index (Phi) is 3.82. The highest BCUT2D eigenvalue weighted by molar-refractivity contribution is 6.31. The molecule has 3 nitrogen and oxygen atoms in total. The van der Waals surface area contributed by atoms with Crippen LogP contribution < -0.4 is 4.74 Å². The van der Waals surface area contributed by atoms with E-state index in [1.54, 1.807) is 19.5 Å². The van der Waals surface area contributed by atoms with Crippen LogP contribution in [0.3, 0.4) is 0 Å². The summed E-state index contributed by atoms with van der Waals surface area (Å²) in [7, 11) is 1.64. The average molecular weight is 263 g/mol. The standard InChI is InChI=1S/C14H15ClN2O/c1-9(2)12-7-16-8-17-14(12)11-6-10(15)4-5-13(11)18-3/h4-9H,1-3H3. The fraction of sp³-hybridized carbons (Fsp3) is 0.286. The second kappa shape index (κ2) is 5.36. The molecule has 0 unspecified atom stereocenters. The first-order valence-electron chi connectivity index (χ1n) is 5.77. The normalized spacial score (nSPS) is 10.7.